The van der Waals surface area contributed by atoms with Crippen molar-refractivity contribution < 1.29 is 4.74 Å². The average Bonchev–Trinajstić information content (AvgIpc) is 2.53. The number of rotatable bonds is 6. The molecule has 116 valence electrons. The highest BCUT2D eigenvalue weighted by atomic mass is 32.2. The van der Waals surface area contributed by atoms with Crippen molar-refractivity contribution in [1.29, 1.82) is 0 Å². The Labute approximate surface area is 136 Å². The summed E-state index contributed by atoms with van der Waals surface area (Å²) in [4.78, 5) is 3.67. The zero-order chi connectivity index (χ0) is 14.9. The predicted molar refractivity (Wildman–Crippen MR) is 94.3 cm³/mol. The van der Waals surface area contributed by atoms with Gasteiger partial charge in [-0.25, -0.2) is 0 Å². The number of benzene rings is 1. The summed E-state index contributed by atoms with van der Waals surface area (Å²) in [5, 5.41) is 7.18. The molecule has 1 aromatic carbocycles. The van der Waals surface area contributed by atoms with Gasteiger partial charge >= 0.3 is 0 Å². The Bertz CT molecular complexity index is 450. The molecular weight excluding hydrogens is 302 g/mol. The molecule has 1 aliphatic rings. The van der Waals surface area contributed by atoms with Gasteiger partial charge in [0.05, 0.1) is 13.2 Å². The van der Waals surface area contributed by atoms with Crippen LogP contribution < -0.4 is 10.6 Å². The van der Waals surface area contributed by atoms with E-state index in [0.717, 1.165) is 51.5 Å². The quantitative estimate of drug-likeness (QED) is 0.475. The Balaban J connectivity index is 1.62. The minimum Gasteiger partial charge on any atom is -0.379 e. The summed E-state index contributed by atoms with van der Waals surface area (Å²) in [7, 11) is 0. The van der Waals surface area contributed by atoms with Crippen molar-refractivity contribution in [2.45, 2.75) is 11.3 Å². The molecule has 1 heterocycles. The third kappa shape index (κ3) is 6.22. The minimum absolute atomic E-state index is 0.690. The van der Waals surface area contributed by atoms with Gasteiger partial charge in [0.25, 0.3) is 0 Å². The number of nitrogens with zero attached hydrogens (tertiary/aromatic N) is 1. The Morgan fingerprint density at radius 2 is 2.19 bits per heavy atom. The summed E-state index contributed by atoms with van der Waals surface area (Å²) in [5.41, 5.74) is 1.03. The molecule has 1 fully saturated rings. The normalized spacial score (nSPS) is 15.7. The first-order valence-electron chi connectivity index (χ1n) is 7.27. The summed E-state index contributed by atoms with van der Waals surface area (Å²) < 4.78 is 5.34. The van der Waals surface area contributed by atoms with E-state index in [1.54, 1.807) is 11.8 Å². The molecule has 2 rings (SSSR count). The molecule has 6 heteroatoms. The van der Waals surface area contributed by atoms with E-state index >= 15 is 0 Å². The smallest absolute Gasteiger partial charge is 0.170 e. The summed E-state index contributed by atoms with van der Waals surface area (Å²) in [6.45, 7) is 5.80. The third-order valence-corrected chi connectivity index (χ3v) is 4.34. The molecule has 2 N–H and O–H groups in total. The van der Waals surface area contributed by atoms with Gasteiger partial charge in [-0.05, 0) is 49.6 Å². The van der Waals surface area contributed by atoms with Crippen molar-refractivity contribution in [3.63, 3.8) is 0 Å². The van der Waals surface area contributed by atoms with Gasteiger partial charge in [0.2, 0.25) is 0 Å². The fraction of sp³-hybridized carbons (Fsp3) is 0.533. The van der Waals surface area contributed by atoms with Crippen LogP contribution in [0.4, 0.5) is 5.69 Å². The van der Waals surface area contributed by atoms with Crippen LogP contribution in [-0.2, 0) is 4.74 Å². The number of ether oxygens (including phenoxy) is 1. The molecule has 4 nitrogen and oxygen atoms in total. The monoisotopic (exact) mass is 325 g/mol. The third-order valence-electron chi connectivity index (χ3n) is 3.37. The molecule has 1 aliphatic heterocycles. The van der Waals surface area contributed by atoms with Crippen LogP contribution in [0.3, 0.4) is 0 Å². The Morgan fingerprint density at radius 3 is 2.95 bits per heavy atom. The van der Waals surface area contributed by atoms with Gasteiger partial charge < -0.3 is 15.4 Å². The summed E-state index contributed by atoms with van der Waals surface area (Å²) in [6.07, 6.45) is 3.16. The van der Waals surface area contributed by atoms with Gasteiger partial charge in [-0.3, -0.25) is 4.90 Å². The van der Waals surface area contributed by atoms with Crippen molar-refractivity contribution >= 4 is 34.8 Å². The van der Waals surface area contributed by atoms with Gasteiger partial charge in [-0.1, -0.05) is 6.07 Å². The van der Waals surface area contributed by atoms with Crippen molar-refractivity contribution in [2.24, 2.45) is 0 Å². The van der Waals surface area contributed by atoms with Crippen LogP contribution in [0, 0.1) is 0 Å². The van der Waals surface area contributed by atoms with E-state index in [-0.39, 0.29) is 0 Å². The Morgan fingerprint density at radius 1 is 1.38 bits per heavy atom. The Kier molecular flexibility index (Phi) is 7.29. The van der Waals surface area contributed by atoms with E-state index in [2.05, 4.69) is 33.9 Å². The van der Waals surface area contributed by atoms with Crippen LogP contribution in [0.15, 0.2) is 29.2 Å². The average molecular weight is 326 g/mol. The fourth-order valence-electron chi connectivity index (χ4n) is 2.21. The van der Waals surface area contributed by atoms with Crippen molar-refractivity contribution in [1.82, 2.24) is 10.2 Å². The second-order valence-corrected chi connectivity index (χ2v) is 6.21. The van der Waals surface area contributed by atoms with E-state index in [4.69, 9.17) is 17.0 Å². The van der Waals surface area contributed by atoms with Gasteiger partial charge in [-0.2, -0.15) is 0 Å². The highest BCUT2D eigenvalue weighted by Gasteiger charge is 2.09. The number of thioether (sulfide) groups is 1. The maximum atomic E-state index is 5.34. The lowest BCUT2D eigenvalue weighted by Crippen LogP contribution is -2.38. The molecule has 0 atom stereocenters. The second kappa shape index (κ2) is 9.25. The van der Waals surface area contributed by atoms with Crippen molar-refractivity contribution in [3.8, 4) is 0 Å². The highest BCUT2D eigenvalue weighted by molar-refractivity contribution is 7.98. The molecule has 0 spiro atoms. The molecule has 0 radical (unpaired) electrons. The number of hydrogen-bond acceptors (Lipinski definition) is 4. The van der Waals surface area contributed by atoms with Gasteiger partial charge in [0.1, 0.15) is 0 Å². The number of thiocarbonyl (C=S) groups is 1. The number of morpholine rings is 1. The van der Waals surface area contributed by atoms with E-state index in [9.17, 15) is 0 Å². The van der Waals surface area contributed by atoms with E-state index < -0.39 is 0 Å². The van der Waals surface area contributed by atoms with Gasteiger partial charge in [0, 0.05) is 30.2 Å². The van der Waals surface area contributed by atoms with Gasteiger partial charge in [-0.15, -0.1) is 11.8 Å². The van der Waals surface area contributed by atoms with Gasteiger partial charge in [0.15, 0.2) is 5.11 Å². The van der Waals surface area contributed by atoms with Crippen LogP contribution >= 0.6 is 24.0 Å². The fourth-order valence-corrected chi connectivity index (χ4v) is 2.88. The second-order valence-electron chi connectivity index (χ2n) is 4.92. The first-order valence-corrected chi connectivity index (χ1v) is 8.90. The number of nitrogens with one attached hydrogen (secondary N) is 2. The molecular formula is C15H23N3OS2. The first kappa shape index (κ1) is 16.5. The summed E-state index contributed by atoms with van der Waals surface area (Å²) in [5.74, 6) is 0. The standard InChI is InChI=1S/C15H23N3OS2/c1-21-14-5-2-4-13(12-14)17-15(20)16-6-3-7-18-8-10-19-11-9-18/h2,4-5,12H,3,6-11H2,1H3,(H2,16,17,20). The SMILES string of the molecule is CSc1cccc(NC(=S)NCCCN2CCOCC2)c1. The molecule has 0 bridgehead atoms. The number of anilines is 1. The topological polar surface area (TPSA) is 36.5 Å². The zero-order valence-electron chi connectivity index (χ0n) is 12.4. The maximum absolute atomic E-state index is 5.34. The van der Waals surface area contributed by atoms with E-state index in [0.29, 0.717) is 5.11 Å². The highest BCUT2D eigenvalue weighted by Crippen LogP contribution is 2.18. The minimum atomic E-state index is 0.690. The van der Waals surface area contributed by atoms with Crippen LogP contribution in [0.5, 0.6) is 0 Å². The largest absolute Gasteiger partial charge is 0.379 e. The van der Waals surface area contributed by atoms with E-state index in [1.165, 1.54) is 4.90 Å². The molecule has 0 aromatic heterocycles. The van der Waals surface area contributed by atoms with Crippen molar-refractivity contribution in [2.75, 3.05) is 51.0 Å². The molecule has 1 aromatic rings. The first-order chi connectivity index (χ1) is 10.3. The molecule has 0 saturated carbocycles. The zero-order valence-corrected chi connectivity index (χ0v) is 14.1. The molecule has 21 heavy (non-hydrogen) atoms. The lowest BCUT2D eigenvalue weighted by atomic mass is 10.3. The number of hydrogen-bond donors (Lipinski definition) is 2. The molecule has 1 saturated heterocycles. The summed E-state index contributed by atoms with van der Waals surface area (Å²) in [6, 6.07) is 8.26. The predicted octanol–water partition coefficient (Wildman–Crippen LogP) is 2.42. The van der Waals surface area contributed by atoms with Crippen LogP contribution in [0.25, 0.3) is 0 Å². The molecule has 0 aliphatic carbocycles. The van der Waals surface area contributed by atoms with Crippen LogP contribution in [-0.4, -0.2) is 55.7 Å². The molecule has 0 unspecified atom stereocenters. The lowest BCUT2D eigenvalue weighted by molar-refractivity contribution is 0.0376. The molecule has 0 amide bonds. The van der Waals surface area contributed by atoms with Crippen LogP contribution in [0.2, 0.25) is 0 Å². The van der Waals surface area contributed by atoms with E-state index in [1.807, 2.05) is 12.1 Å². The lowest BCUT2D eigenvalue weighted by Gasteiger charge is -2.26. The summed E-state index contributed by atoms with van der Waals surface area (Å²) >= 11 is 7.05. The van der Waals surface area contributed by atoms with Crippen LogP contribution in [0.1, 0.15) is 6.42 Å². The Hall–Kier alpha value is -0.820. The maximum Gasteiger partial charge on any atom is 0.170 e. The van der Waals surface area contributed by atoms with Crippen molar-refractivity contribution in [3.05, 3.63) is 24.3 Å².